The highest BCUT2D eigenvalue weighted by molar-refractivity contribution is 5.14. The van der Waals surface area contributed by atoms with Crippen molar-refractivity contribution in [2.24, 2.45) is 11.7 Å². The molecule has 0 aliphatic heterocycles. The van der Waals surface area contributed by atoms with Crippen molar-refractivity contribution in [1.29, 1.82) is 0 Å². The van der Waals surface area contributed by atoms with Gasteiger partial charge in [-0.15, -0.1) is 0 Å². The summed E-state index contributed by atoms with van der Waals surface area (Å²) < 4.78 is 0. The Balaban J connectivity index is 2.51. The second kappa shape index (κ2) is 2.70. The molecule has 0 saturated carbocycles. The Morgan fingerprint density at radius 2 is 2.30 bits per heavy atom. The number of aliphatic hydroxyl groups excluding tert-OH is 2. The van der Waals surface area contributed by atoms with Crippen LogP contribution in [0.25, 0.3) is 0 Å². The SMILES string of the molecule is NC1(CO)C=CC(CO)C1. The molecule has 0 saturated heterocycles. The topological polar surface area (TPSA) is 66.5 Å². The standard InChI is InChI=1S/C7H13NO2/c8-7(5-10)2-1-6(3-7)4-9/h1-2,6,9-10H,3-5,8H2. The highest BCUT2D eigenvalue weighted by Crippen LogP contribution is 2.24. The minimum Gasteiger partial charge on any atom is -0.396 e. The van der Waals surface area contributed by atoms with Crippen LogP contribution in [0.3, 0.4) is 0 Å². The van der Waals surface area contributed by atoms with Crippen LogP contribution >= 0.6 is 0 Å². The molecular weight excluding hydrogens is 130 g/mol. The summed E-state index contributed by atoms with van der Waals surface area (Å²) in [5, 5.41) is 17.5. The third-order valence-corrected chi connectivity index (χ3v) is 1.87. The summed E-state index contributed by atoms with van der Waals surface area (Å²) in [5.41, 5.74) is 5.10. The van der Waals surface area contributed by atoms with Gasteiger partial charge in [-0.25, -0.2) is 0 Å². The fraction of sp³-hybridized carbons (Fsp3) is 0.714. The molecule has 10 heavy (non-hydrogen) atoms. The zero-order valence-electron chi connectivity index (χ0n) is 5.83. The molecule has 0 radical (unpaired) electrons. The Kier molecular flexibility index (Phi) is 2.08. The largest absolute Gasteiger partial charge is 0.396 e. The smallest absolute Gasteiger partial charge is 0.0647 e. The van der Waals surface area contributed by atoms with Crippen molar-refractivity contribution in [1.82, 2.24) is 0 Å². The molecule has 0 bridgehead atoms. The van der Waals surface area contributed by atoms with Crippen LogP contribution in [0.5, 0.6) is 0 Å². The van der Waals surface area contributed by atoms with Gasteiger partial charge in [0.25, 0.3) is 0 Å². The van der Waals surface area contributed by atoms with Crippen LogP contribution in [-0.4, -0.2) is 29.0 Å². The molecule has 0 spiro atoms. The molecule has 58 valence electrons. The lowest BCUT2D eigenvalue weighted by molar-refractivity contribution is 0.193. The maximum atomic E-state index is 8.78. The molecule has 1 aliphatic carbocycles. The van der Waals surface area contributed by atoms with E-state index in [4.69, 9.17) is 15.9 Å². The zero-order chi connectivity index (χ0) is 7.61. The summed E-state index contributed by atoms with van der Waals surface area (Å²) in [7, 11) is 0. The molecule has 0 aromatic carbocycles. The van der Waals surface area contributed by atoms with Gasteiger partial charge in [0.1, 0.15) is 0 Å². The Morgan fingerprint density at radius 1 is 1.60 bits per heavy atom. The van der Waals surface area contributed by atoms with Gasteiger partial charge in [0, 0.05) is 12.5 Å². The van der Waals surface area contributed by atoms with Crippen molar-refractivity contribution in [3.63, 3.8) is 0 Å². The third kappa shape index (κ3) is 1.37. The second-order valence-corrected chi connectivity index (χ2v) is 2.90. The van der Waals surface area contributed by atoms with Gasteiger partial charge in [-0.05, 0) is 6.42 Å². The molecule has 2 atom stereocenters. The van der Waals surface area contributed by atoms with E-state index < -0.39 is 5.54 Å². The monoisotopic (exact) mass is 143 g/mol. The van der Waals surface area contributed by atoms with E-state index in [-0.39, 0.29) is 19.1 Å². The first-order valence-electron chi connectivity index (χ1n) is 3.40. The molecule has 0 heterocycles. The van der Waals surface area contributed by atoms with Crippen molar-refractivity contribution >= 4 is 0 Å². The van der Waals surface area contributed by atoms with E-state index in [0.717, 1.165) is 0 Å². The fourth-order valence-corrected chi connectivity index (χ4v) is 1.19. The summed E-state index contributed by atoms with van der Waals surface area (Å²) in [5.74, 6) is 0.136. The second-order valence-electron chi connectivity index (χ2n) is 2.90. The normalized spacial score (nSPS) is 38.9. The predicted molar refractivity (Wildman–Crippen MR) is 38.3 cm³/mol. The highest BCUT2D eigenvalue weighted by Gasteiger charge is 2.29. The molecule has 1 rings (SSSR count). The summed E-state index contributed by atoms with van der Waals surface area (Å²) >= 11 is 0. The molecule has 3 heteroatoms. The van der Waals surface area contributed by atoms with Gasteiger partial charge in [-0.2, -0.15) is 0 Å². The Morgan fingerprint density at radius 3 is 2.60 bits per heavy atom. The van der Waals surface area contributed by atoms with E-state index in [0.29, 0.717) is 6.42 Å². The number of aliphatic hydroxyl groups is 2. The summed E-state index contributed by atoms with van der Waals surface area (Å²) in [6.45, 7) is 0.0788. The van der Waals surface area contributed by atoms with Gasteiger partial charge in [0.05, 0.1) is 12.1 Å². The van der Waals surface area contributed by atoms with Crippen LogP contribution in [0.4, 0.5) is 0 Å². The average Bonchev–Trinajstić information content (AvgIpc) is 2.33. The molecule has 4 N–H and O–H groups in total. The molecule has 1 aliphatic rings. The fourth-order valence-electron chi connectivity index (χ4n) is 1.19. The first kappa shape index (κ1) is 7.72. The van der Waals surface area contributed by atoms with E-state index in [9.17, 15) is 0 Å². The van der Waals surface area contributed by atoms with E-state index in [1.807, 2.05) is 6.08 Å². The van der Waals surface area contributed by atoms with Crippen LogP contribution in [0.1, 0.15) is 6.42 Å². The molecule has 0 aromatic rings. The lowest BCUT2D eigenvalue weighted by atomic mass is 9.98. The maximum absolute atomic E-state index is 8.78. The van der Waals surface area contributed by atoms with Gasteiger partial charge in [0.2, 0.25) is 0 Å². The Bertz CT molecular complexity index is 147. The third-order valence-electron chi connectivity index (χ3n) is 1.87. The molecule has 3 nitrogen and oxygen atoms in total. The van der Waals surface area contributed by atoms with Crippen LogP contribution < -0.4 is 5.73 Å². The van der Waals surface area contributed by atoms with Crippen molar-refractivity contribution in [3.8, 4) is 0 Å². The van der Waals surface area contributed by atoms with Gasteiger partial charge in [0.15, 0.2) is 0 Å². The lowest BCUT2D eigenvalue weighted by Crippen LogP contribution is -2.40. The van der Waals surface area contributed by atoms with Gasteiger partial charge in [-0.3, -0.25) is 0 Å². The van der Waals surface area contributed by atoms with Gasteiger partial charge >= 0.3 is 0 Å². The zero-order valence-corrected chi connectivity index (χ0v) is 5.83. The minimum absolute atomic E-state index is 0.0417. The first-order valence-corrected chi connectivity index (χ1v) is 3.40. The van der Waals surface area contributed by atoms with Gasteiger partial charge < -0.3 is 15.9 Å². The number of nitrogens with two attached hydrogens (primary N) is 1. The van der Waals surface area contributed by atoms with Crippen molar-refractivity contribution in [3.05, 3.63) is 12.2 Å². The molecule has 0 fully saturated rings. The summed E-state index contributed by atoms with van der Waals surface area (Å²) in [4.78, 5) is 0. The number of rotatable bonds is 2. The summed E-state index contributed by atoms with van der Waals surface area (Å²) in [6.07, 6.45) is 4.28. The molecular formula is C7H13NO2. The average molecular weight is 143 g/mol. The van der Waals surface area contributed by atoms with Crippen LogP contribution in [0, 0.1) is 5.92 Å². The Hall–Kier alpha value is -0.380. The number of hydrogen-bond donors (Lipinski definition) is 3. The van der Waals surface area contributed by atoms with E-state index in [1.165, 1.54) is 0 Å². The predicted octanol–water partition coefficient (Wildman–Crippen LogP) is -0.755. The molecule has 2 unspecified atom stereocenters. The van der Waals surface area contributed by atoms with E-state index >= 15 is 0 Å². The van der Waals surface area contributed by atoms with E-state index in [1.54, 1.807) is 6.08 Å². The van der Waals surface area contributed by atoms with Crippen LogP contribution in [0.15, 0.2) is 12.2 Å². The quantitative estimate of drug-likeness (QED) is 0.445. The van der Waals surface area contributed by atoms with Crippen molar-refractivity contribution in [2.75, 3.05) is 13.2 Å². The van der Waals surface area contributed by atoms with Crippen molar-refractivity contribution < 1.29 is 10.2 Å². The maximum Gasteiger partial charge on any atom is 0.0647 e. The van der Waals surface area contributed by atoms with E-state index in [2.05, 4.69) is 0 Å². The first-order chi connectivity index (χ1) is 4.70. The Labute approximate surface area is 60.2 Å². The van der Waals surface area contributed by atoms with Gasteiger partial charge in [-0.1, -0.05) is 12.2 Å². The van der Waals surface area contributed by atoms with Crippen molar-refractivity contribution in [2.45, 2.75) is 12.0 Å². The molecule has 0 amide bonds. The molecule has 0 aromatic heterocycles. The minimum atomic E-state index is -0.576. The highest BCUT2D eigenvalue weighted by atomic mass is 16.3. The van der Waals surface area contributed by atoms with Crippen LogP contribution in [-0.2, 0) is 0 Å². The van der Waals surface area contributed by atoms with Crippen LogP contribution in [0.2, 0.25) is 0 Å². The number of hydrogen-bond acceptors (Lipinski definition) is 3. The lowest BCUT2D eigenvalue weighted by Gasteiger charge is -2.19. The summed E-state index contributed by atoms with van der Waals surface area (Å²) in [6, 6.07) is 0.